The van der Waals surface area contributed by atoms with Crippen molar-refractivity contribution in [2.24, 2.45) is 0 Å². The van der Waals surface area contributed by atoms with E-state index in [4.69, 9.17) is 11.6 Å². The van der Waals surface area contributed by atoms with E-state index in [-0.39, 0.29) is 18.9 Å². The van der Waals surface area contributed by atoms with Crippen LogP contribution < -0.4 is 9.62 Å². The second-order valence-electron chi connectivity index (χ2n) is 9.56. The van der Waals surface area contributed by atoms with Crippen LogP contribution in [0, 0.1) is 6.92 Å². The fourth-order valence-corrected chi connectivity index (χ4v) is 5.45. The van der Waals surface area contributed by atoms with Crippen molar-refractivity contribution in [2.45, 2.75) is 45.7 Å². The summed E-state index contributed by atoms with van der Waals surface area (Å²) in [4.78, 5) is 29.1. The summed E-state index contributed by atoms with van der Waals surface area (Å²) in [6.45, 7) is 3.95. The molecule has 0 aromatic heterocycles. The van der Waals surface area contributed by atoms with Crippen LogP contribution in [-0.4, -0.2) is 50.5 Å². The first kappa shape index (κ1) is 30.2. The molecule has 9 heteroatoms. The molecule has 3 rings (SSSR count). The zero-order chi connectivity index (χ0) is 28.4. The number of carbonyl (C=O) groups excluding carboxylic acids is 2. The largest absolute Gasteiger partial charge is 0.354 e. The number of halogens is 1. The number of nitrogens with one attached hydrogen (secondary N) is 1. The second kappa shape index (κ2) is 14.1. The van der Waals surface area contributed by atoms with E-state index in [2.05, 4.69) is 5.32 Å². The lowest BCUT2D eigenvalue weighted by Crippen LogP contribution is -2.53. The summed E-state index contributed by atoms with van der Waals surface area (Å²) in [6, 6.07) is 22.7. The summed E-state index contributed by atoms with van der Waals surface area (Å²) < 4.78 is 26.8. The van der Waals surface area contributed by atoms with Crippen molar-refractivity contribution in [2.75, 3.05) is 23.7 Å². The van der Waals surface area contributed by atoms with Crippen molar-refractivity contribution in [1.82, 2.24) is 10.2 Å². The lowest BCUT2D eigenvalue weighted by molar-refractivity contribution is -0.140. The Bertz CT molecular complexity index is 1370. The summed E-state index contributed by atoms with van der Waals surface area (Å²) in [6.07, 6.45) is 3.07. The molecule has 1 N–H and O–H groups in total. The second-order valence-corrected chi connectivity index (χ2v) is 11.9. The zero-order valence-electron chi connectivity index (χ0n) is 22.6. The van der Waals surface area contributed by atoms with Gasteiger partial charge in [-0.2, -0.15) is 0 Å². The minimum atomic E-state index is -3.81. The average Bonchev–Trinajstić information content (AvgIpc) is 2.90. The highest BCUT2D eigenvalue weighted by Crippen LogP contribution is 2.24. The van der Waals surface area contributed by atoms with Gasteiger partial charge in [0.25, 0.3) is 0 Å². The highest BCUT2D eigenvalue weighted by Gasteiger charge is 2.33. The molecule has 7 nitrogen and oxygen atoms in total. The third-order valence-corrected chi connectivity index (χ3v) is 7.77. The summed E-state index contributed by atoms with van der Waals surface area (Å²) >= 11 is 6.24. The number of sulfonamides is 1. The molecule has 0 aliphatic rings. The smallest absolute Gasteiger partial charge is 0.244 e. The maximum atomic E-state index is 14.0. The van der Waals surface area contributed by atoms with Crippen LogP contribution in [0.25, 0.3) is 0 Å². The Morgan fingerprint density at radius 1 is 0.949 bits per heavy atom. The van der Waals surface area contributed by atoms with Crippen LogP contribution in [0.15, 0.2) is 78.9 Å². The Kier molecular flexibility index (Phi) is 10.9. The van der Waals surface area contributed by atoms with E-state index >= 15 is 0 Å². The van der Waals surface area contributed by atoms with E-state index in [1.54, 1.807) is 43.3 Å². The predicted molar refractivity (Wildman–Crippen MR) is 157 cm³/mol. The van der Waals surface area contributed by atoms with E-state index in [0.717, 1.165) is 40.1 Å². The summed E-state index contributed by atoms with van der Waals surface area (Å²) in [5.41, 5.74) is 2.76. The van der Waals surface area contributed by atoms with Crippen molar-refractivity contribution in [1.29, 1.82) is 0 Å². The third kappa shape index (κ3) is 8.83. The number of unbranched alkanes of at least 4 members (excludes halogenated alkanes) is 1. The molecule has 0 bridgehead atoms. The average molecular weight is 570 g/mol. The first-order chi connectivity index (χ1) is 18.6. The molecule has 208 valence electrons. The van der Waals surface area contributed by atoms with Crippen molar-refractivity contribution in [3.63, 3.8) is 0 Å². The molecule has 0 spiro atoms. The van der Waals surface area contributed by atoms with E-state index in [1.807, 2.05) is 49.4 Å². The molecule has 0 saturated heterocycles. The van der Waals surface area contributed by atoms with Gasteiger partial charge in [-0.1, -0.05) is 85.6 Å². The van der Waals surface area contributed by atoms with Gasteiger partial charge in [0, 0.05) is 24.5 Å². The number of hydrogen-bond acceptors (Lipinski definition) is 4. The molecule has 1 atom stereocenters. The summed E-state index contributed by atoms with van der Waals surface area (Å²) in [5.74, 6) is -0.778. The van der Waals surface area contributed by atoms with E-state index in [0.29, 0.717) is 17.3 Å². The lowest BCUT2D eigenvalue weighted by Gasteiger charge is -2.33. The fourth-order valence-electron chi connectivity index (χ4n) is 4.33. The predicted octanol–water partition coefficient (Wildman–Crippen LogP) is 4.97. The van der Waals surface area contributed by atoms with Crippen LogP contribution in [0.3, 0.4) is 0 Å². The third-order valence-electron chi connectivity index (χ3n) is 6.41. The number of rotatable bonds is 13. The monoisotopic (exact) mass is 569 g/mol. The molecule has 2 amide bonds. The Balaban J connectivity index is 2.04. The molecule has 0 unspecified atom stereocenters. The van der Waals surface area contributed by atoms with Gasteiger partial charge in [-0.05, 0) is 48.2 Å². The molecular formula is C30H36ClN3O4S. The normalized spacial score (nSPS) is 12.0. The van der Waals surface area contributed by atoms with Crippen LogP contribution in [-0.2, 0) is 32.6 Å². The Morgan fingerprint density at radius 2 is 1.62 bits per heavy atom. The van der Waals surface area contributed by atoms with Crippen LogP contribution in [0.1, 0.15) is 36.5 Å². The van der Waals surface area contributed by atoms with Gasteiger partial charge in [0.2, 0.25) is 21.8 Å². The van der Waals surface area contributed by atoms with Crippen LogP contribution >= 0.6 is 11.6 Å². The number of carbonyl (C=O) groups is 2. The van der Waals surface area contributed by atoms with Crippen molar-refractivity contribution in [3.8, 4) is 0 Å². The van der Waals surface area contributed by atoms with Crippen LogP contribution in [0.2, 0.25) is 5.02 Å². The van der Waals surface area contributed by atoms with Gasteiger partial charge in [-0.15, -0.1) is 0 Å². The Hall–Kier alpha value is -3.36. The molecule has 39 heavy (non-hydrogen) atoms. The van der Waals surface area contributed by atoms with Gasteiger partial charge in [0.05, 0.1) is 11.9 Å². The maximum absolute atomic E-state index is 14.0. The number of benzene rings is 3. The molecule has 0 radical (unpaired) electrons. The minimum Gasteiger partial charge on any atom is -0.354 e. The molecule has 3 aromatic rings. The molecule has 0 saturated carbocycles. The maximum Gasteiger partial charge on any atom is 0.244 e. The Labute approximate surface area is 236 Å². The number of para-hydroxylation sites is 1. The molecule has 0 fully saturated rings. The first-order valence-electron chi connectivity index (χ1n) is 13.0. The first-order valence-corrected chi connectivity index (χ1v) is 15.2. The number of nitrogens with zero attached hydrogens (tertiary/aromatic N) is 2. The van der Waals surface area contributed by atoms with E-state index < -0.39 is 28.5 Å². The number of hydrogen-bond donors (Lipinski definition) is 1. The van der Waals surface area contributed by atoms with Crippen molar-refractivity contribution >= 4 is 39.1 Å². The van der Waals surface area contributed by atoms with Crippen molar-refractivity contribution in [3.05, 3.63) is 101 Å². The van der Waals surface area contributed by atoms with E-state index in [1.165, 1.54) is 4.90 Å². The van der Waals surface area contributed by atoms with Gasteiger partial charge in [-0.25, -0.2) is 8.42 Å². The number of anilines is 1. The van der Waals surface area contributed by atoms with Gasteiger partial charge in [-0.3, -0.25) is 13.9 Å². The topological polar surface area (TPSA) is 86.8 Å². The highest BCUT2D eigenvalue weighted by atomic mass is 35.5. The van der Waals surface area contributed by atoms with Gasteiger partial charge in [0.1, 0.15) is 12.6 Å². The van der Waals surface area contributed by atoms with Gasteiger partial charge >= 0.3 is 0 Å². The fraction of sp³-hybridized carbons (Fsp3) is 0.333. The SMILES string of the molecule is CCCCNC(=O)[C@@H](Cc1ccccc1)N(Cc1cccc(Cl)c1)C(=O)CN(c1ccccc1C)S(C)(=O)=O. The van der Waals surface area contributed by atoms with E-state index in [9.17, 15) is 18.0 Å². The van der Waals surface area contributed by atoms with Gasteiger partial charge < -0.3 is 10.2 Å². The minimum absolute atomic E-state index is 0.0868. The summed E-state index contributed by atoms with van der Waals surface area (Å²) in [7, 11) is -3.81. The molecule has 0 aliphatic heterocycles. The Morgan fingerprint density at radius 3 is 2.26 bits per heavy atom. The summed E-state index contributed by atoms with van der Waals surface area (Å²) in [5, 5.41) is 3.47. The highest BCUT2D eigenvalue weighted by molar-refractivity contribution is 7.92. The molecule has 0 aliphatic carbocycles. The van der Waals surface area contributed by atoms with Crippen LogP contribution in [0.5, 0.6) is 0 Å². The number of amides is 2. The molecule has 3 aromatic carbocycles. The number of aryl methyl sites for hydroxylation is 1. The van der Waals surface area contributed by atoms with Crippen LogP contribution in [0.4, 0.5) is 5.69 Å². The van der Waals surface area contributed by atoms with Crippen molar-refractivity contribution < 1.29 is 18.0 Å². The standard InChI is InChI=1S/C30H36ClN3O4S/c1-4-5-18-32-30(36)28(20-24-13-7-6-8-14-24)33(21-25-15-11-16-26(31)19-25)29(35)22-34(39(3,37)38)27-17-10-9-12-23(27)2/h6-17,19,28H,4-5,18,20-22H2,1-3H3,(H,32,36)/t28-/m1/s1. The van der Waals surface area contributed by atoms with Gasteiger partial charge in [0.15, 0.2) is 0 Å². The zero-order valence-corrected chi connectivity index (χ0v) is 24.2. The molecular weight excluding hydrogens is 534 g/mol. The lowest BCUT2D eigenvalue weighted by atomic mass is 10.0. The molecule has 0 heterocycles. The quantitative estimate of drug-likeness (QED) is 0.294.